The summed E-state index contributed by atoms with van der Waals surface area (Å²) < 4.78 is 0. The van der Waals surface area contributed by atoms with Gasteiger partial charge < -0.3 is 4.98 Å². The highest BCUT2D eigenvalue weighted by atomic mass is 31.1. The Hall–Kier alpha value is -5.20. The average Bonchev–Trinajstić information content (AvgIpc) is 3.67. The van der Waals surface area contributed by atoms with Crippen LogP contribution < -0.4 is 31.8 Å². The number of aromatic amines is 1. The maximum Gasteiger partial charge on any atom is 0.0634 e. The van der Waals surface area contributed by atoms with Gasteiger partial charge in [0.15, 0.2) is 0 Å². The molecule has 238 valence electrons. The molecule has 0 aliphatic rings. The van der Waals surface area contributed by atoms with Gasteiger partial charge in [0.25, 0.3) is 0 Å². The standard InChI is InChI=1S/C44H37N3P2/c1-33(45-35-23-27-41(28-24-35)48(37-15-7-3-8-16-37)38-17-9-4-10-18-38)43-31-32-44(47-43)34(2)46-36-25-29-42(30-26-36)49(39-19-11-5-12-20-39)40-21-13-6-14-22-40/h3-32,47H,1-2H3. The van der Waals surface area contributed by atoms with Crippen molar-refractivity contribution in [3.05, 3.63) is 193 Å². The zero-order chi connectivity index (χ0) is 33.4. The van der Waals surface area contributed by atoms with Gasteiger partial charge in [0.05, 0.1) is 34.2 Å². The van der Waals surface area contributed by atoms with Crippen LogP contribution in [0.4, 0.5) is 11.4 Å². The number of hydrogen-bond donors (Lipinski definition) is 1. The van der Waals surface area contributed by atoms with Crippen LogP contribution in [0.2, 0.25) is 0 Å². The van der Waals surface area contributed by atoms with Gasteiger partial charge in [-0.05, 0) is 97.9 Å². The van der Waals surface area contributed by atoms with Crippen molar-refractivity contribution in [2.75, 3.05) is 0 Å². The Bertz CT molecular complexity index is 1920. The number of nitrogens with one attached hydrogen (secondary N) is 1. The third-order valence-electron chi connectivity index (χ3n) is 8.33. The number of nitrogens with zero attached hydrogens (tertiary/aromatic N) is 2. The van der Waals surface area contributed by atoms with Gasteiger partial charge in [0.2, 0.25) is 0 Å². The normalized spacial score (nSPS) is 12.1. The van der Waals surface area contributed by atoms with E-state index in [1.807, 2.05) is 13.8 Å². The van der Waals surface area contributed by atoms with Crippen LogP contribution in [0, 0.1) is 0 Å². The molecule has 0 unspecified atom stereocenters. The third kappa shape index (κ3) is 7.76. The van der Waals surface area contributed by atoms with Crippen molar-refractivity contribution >= 4 is 70.5 Å². The lowest BCUT2D eigenvalue weighted by Crippen LogP contribution is -2.20. The summed E-state index contributed by atoms with van der Waals surface area (Å²) in [6.07, 6.45) is 0. The van der Waals surface area contributed by atoms with E-state index in [9.17, 15) is 0 Å². The molecule has 1 aromatic heterocycles. The van der Waals surface area contributed by atoms with Crippen LogP contribution in [-0.4, -0.2) is 16.4 Å². The highest BCUT2D eigenvalue weighted by Crippen LogP contribution is 2.34. The van der Waals surface area contributed by atoms with Crippen molar-refractivity contribution in [2.45, 2.75) is 13.8 Å². The number of H-pyrrole nitrogens is 1. The SMILES string of the molecule is CC(=Nc1ccc(P(c2ccccc2)c2ccccc2)cc1)c1ccc(C(C)=Nc2ccc(P(c3ccccc3)c3ccccc3)cc2)[nH]1. The minimum absolute atomic E-state index is 0.642. The Morgan fingerprint density at radius 2 is 0.612 bits per heavy atom. The average molecular weight is 670 g/mol. The number of benzene rings is 6. The summed E-state index contributed by atoms with van der Waals surface area (Å²) in [6.45, 7) is 4.10. The lowest BCUT2D eigenvalue weighted by molar-refractivity contribution is 1.30. The monoisotopic (exact) mass is 669 g/mol. The quantitative estimate of drug-likeness (QED) is 0.112. The molecule has 0 radical (unpaired) electrons. The molecule has 5 heteroatoms. The minimum atomic E-state index is -0.642. The Labute approximate surface area is 291 Å². The Morgan fingerprint density at radius 1 is 0.347 bits per heavy atom. The molecule has 7 aromatic rings. The highest BCUT2D eigenvalue weighted by Gasteiger charge is 2.17. The predicted octanol–water partition coefficient (Wildman–Crippen LogP) is 8.81. The Morgan fingerprint density at radius 3 is 0.898 bits per heavy atom. The van der Waals surface area contributed by atoms with Crippen LogP contribution >= 0.6 is 15.8 Å². The molecule has 0 fully saturated rings. The second-order valence-electron chi connectivity index (χ2n) is 11.7. The van der Waals surface area contributed by atoms with Crippen molar-refractivity contribution in [3.63, 3.8) is 0 Å². The Kier molecular flexibility index (Phi) is 10.1. The number of hydrogen-bond acceptors (Lipinski definition) is 2. The van der Waals surface area contributed by atoms with E-state index >= 15 is 0 Å². The van der Waals surface area contributed by atoms with Crippen LogP contribution in [0.5, 0.6) is 0 Å². The third-order valence-corrected chi connectivity index (χ3v) is 13.2. The van der Waals surface area contributed by atoms with Gasteiger partial charge in [-0.15, -0.1) is 0 Å². The molecule has 7 rings (SSSR count). The van der Waals surface area contributed by atoms with Crippen molar-refractivity contribution in [2.24, 2.45) is 9.98 Å². The van der Waals surface area contributed by atoms with Crippen molar-refractivity contribution in [3.8, 4) is 0 Å². The van der Waals surface area contributed by atoms with Crippen LogP contribution in [-0.2, 0) is 0 Å². The second kappa shape index (κ2) is 15.3. The van der Waals surface area contributed by atoms with E-state index in [1.54, 1.807) is 0 Å². The van der Waals surface area contributed by atoms with Gasteiger partial charge in [-0.2, -0.15) is 0 Å². The van der Waals surface area contributed by atoms with E-state index in [1.165, 1.54) is 31.8 Å². The van der Waals surface area contributed by atoms with Crippen LogP contribution in [0.1, 0.15) is 25.2 Å². The van der Waals surface area contributed by atoms with E-state index in [0.29, 0.717) is 0 Å². The predicted molar refractivity (Wildman–Crippen MR) is 215 cm³/mol. The fraction of sp³-hybridized carbons (Fsp3) is 0.0455. The van der Waals surface area contributed by atoms with Gasteiger partial charge in [0.1, 0.15) is 0 Å². The molecule has 3 nitrogen and oxygen atoms in total. The van der Waals surface area contributed by atoms with Gasteiger partial charge in [-0.1, -0.05) is 146 Å². The summed E-state index contributed by atoms with van der Waals surface area (Å²) >= 11 is 0. The molecule has 0 amide bonds. The molecule has 0 spiro atoms. The molecule has 0 aliphatic carbocycles. The minimum Gasteiger partial charge on any atom is -0.353 e. The Balaban J connectivity index is 1.07. The number of rotatable bonds is 10. The van der Waals surface area contributed by atoms with E-state index < -0.39 is 15.8 Å². The first kappa shape index (κ1) is 32.4. The van der Waals surface area contributed by atoms with E-state index in [2.05, 4.69) is 187 Å². The van der Waals surface area contributed by atoms with Gasteiger partial charge >= 0.3 is 0 Å². The fourth-order valence-electron chi connectivity index (χ4n) is 5.88. The fourth-order valence-corrected chi connectivity index (χ4v) is 10.4. The summed E-state index contributed by atoms with van der Waals surface area (Å²) in [5, 5.41) is 7.98. The first-order valence-corrected chi connectivity index (χ1v) is 19.1. The van der Waals surface area contributed by atoms with Crippen molar-refractivity contribution in [1.29, 1.82) is 0 Å². The molecule has 0 aliphatic heterocycles. The molecule has 0 saturated carbocycles. The largest absolute Gasteiger partial charge is 0.353 e. The summed E-state index contributed by atoms with van der Waals surface area (Å²) in [5.74, 6) is 0. The maximum atomic E-state index is 4.96. The van der Waals surface area contributed by atoms with E-state index in [4.69, 9.17) is 9.98 Å². The molecule has 1 N–H and O–H groups in total. The van der Waals surface area contributed by atoms with Crippen LogP contribution in [0.15, 0.2) is 192 Å². The van der Waals surface area contributed by atoms with E-state index in [-0.39, 0.29) is 0 Å². The zero-order valence-electron chi connectivity index (χ0n) is 27.6. The van der Waals surface area contributed by atoms with E-state index in [0.717, 1.165) is 34.2 Å². The molecule has 0 saturated heterocycles. The molecule has 0 bridgehead atoms. The van der Waals surface area contributed by atoms with Gasteiger partial charge in [0, 0.05) is 0 Å². The van der Waals surface area contributed by atoms with Gasteiger partial charge in [-0.25, -0.2) is 0 Å². The first-order valence-electron chi connectivity index (χ1n) is 16.4. The summed E-state index contributed by atoms with van der Waals surface area (Å²) in [7, 11) is -1.28. The smallest absolute Gasteiger partial charge is 0.0634 e. The molecule has 6 aromatic carbocycles. The molecular formula is C44H37N3P2. The topological polar surface area (TPSA) is 40.5 Å². The van der Waals surface area contributed by atoms with Gasteiger partial charge in [-0.3, -0.25) is 9.98 Å². The second-order valence-corrected chi connectivity index (χ2v) is 16.2. The van der Waals surface area contributed by atoms with Crippen LogP contribution in [0.3, 0.4) is 0 Å². The number of aromatic nitrogens is 1. The lowest BCUT2D eigenvalue weighted by atomic mass is 10.2. The summed E-state index contributed by atoms with van der Waals surface area (Å²) in [4.78, 5) is 13.5. The van der Waals surface area contributed by atoms with Crippen molar-refractivity contribution in [1.82, 2.24) is 4.98 Å². The molecule has 1 heterocycles. The zero-order valence-corrected chi connectivity index (χ0v) is 29.4. The lowest BCUT2D eigenvalue weighted by Gasteiger charge is -2.19. The molecular weight excluding hydrogens is 632 g/mol. The van der Waals surface area contributed by atoms with Crippen molar-refractivity contribution < 1.29 is 0 Å². The van der Waals surface area contributed by atoms with Crippen LogP contribution in [0.25, 0.3) is 0 Å². The first-order chi connectivity index (χ1) is 24.1. The summed E-state index contributed by atoms with van der Waals surface area (Å²) in [6, 6.07) is 64.7. The molecule has 49 heavy (non-hydrogen) atoms. The number of aliphatic imine (C=N–C) groups is 2. The molecule has 0 atom stereocenters. The highest BCUT2D eigenvalue weighted by molar-refractivity contribution is 7.80. The summed E-state index contributed by atoms with van der Waals surface area (Å²) in [5.41, 5.74) is 5.70. The maximum absolute atomic E-state index is 4.96.